The highest BCUT2D eigenvalue weighted by molar-refractivity contribution is 6.00. The summed E-state index contributed by atoms with van der Waals surface area (Å²) in [7, 11) is 0. The molecule has 0 radical (unpaired) electrons. The van der Waals surface area contributed by atoms with E-state index in [2.05, 4.69) is 4.98 Å². The Bertz CT molecular complexity index is 417. The van der Waals surface area contributed by atoms with Crippen LogP contribution in [0.4, 0.5) is 0 Å². The number of hydrogen-bond acceptors (Lipinski definition) is 4. The SMILES string of the molecule is Cc1nc(CN2CCC(=O)CC2=O)oc1C. The lowest BCUT2D eigenvalue weighted by atomic mass is 10.1. The summed E-state index contributed by atoms with van der Waals surface area (Å²) in [5.74, 6) is 1.19. The van der Waals surface area contributed by atoms with Gasteiger partial charge in [-0.25, -0.2) is 4.98 Å². The second-order valence-corrected chi connectivity index (χ2v) is 4.03. The van der Waals surface area contributed by atoms with E-state index in [1.54, 1.807) is 4.90 Å². The number of hydrogen-bond donors (Lipinski definition) is 0. The molecule has 0 bridgehead atoms. The van der Waals surface area contributed by atoms with Gasteiger partial charge in [0.25, 0.3) is 0 Å². The molecule has 16 heavy (non-hydrogen) atoms. The molecule has 1 saturated heterocycles. The molecule has 0 spiro atoms. The fourth-order valence-electron chi connectivity index (χ4n) is 1.69. The quantitative estimate of drug-likeness (QED) is 0.700. The summed E-state index contributed by atoms with van der Waals surface area (Å²) in [6.45, 7) is 4.54. The molecule has 1 fully saturated rings. The molecule has 0 aromatic carbocycles. The zero-order valence-corrected chi connectivity index (χ0v) is 9.45. The van der Waals surface area contributed by atoms with Crippen molar-refractivity contribution in [1.82, 2.24) is 9.88 Å². The van der Waals surface area contributed by atoms with E-state index in [4.69, 9.17) is 4.42 Å². The Kier molecular flexibility index (Phi) is 2.77. The van der Waals surface area contributed by atoms with Crippen LogP contribution in [-0.4, -0.2) is 28.1 Å². The molecule has 0 aliphatic carbocycles. The van der Waals surface area contributed by atoms with Crippen LogP contribution in [0.2, 0.25) is 0 Å². The van der Waals surface area contributed by atoms with Crippen LogP contribution in [0.3, 0.4) is 0 Å². The fourth-order valence-corrected chi connectivity index (χ4v) is 1.69. The van der Waals surface area contributed by atoms with Gasteiger partial charge in [-0.1, -0.05) is 0 Å². The maximum absolute atomic E-state index is 11.5. The Hall–Kier alpha value is -1.65. The predicted molar refractivity (Wildman–Crippen MR) is 55.6 cm³/mol. The summed E-state index contributed by atoms with van der Waals surface area (Å²) in [6.07, 6.45) is 0.448. The van der Waals surface area contributed by atoms with Gasteiger partial charge in [-0.2, -0.15) is 0 Å². The molecule has 1 aromatic heterocycles. The number of rotatable bonds is 2. The number of Topliss-reactive ketones (excluding diaryl/α,β-unsaturated/α-hetero) is 1. The fraction of sp³-hybridized carbons (Fsp3) is 0.545. The lowest BCUT2D eigenvalue weighted by Crippen LogP contribution is -2.38. The van der Waals surface area contributed by atoms with Crippen molar-refractivity contribution >= 4 is 11.7 Å². The third-order valence-electron chi connectivity index (χ3n) is 2.76. The summed E-state index contributed by atoms with van der Waals surface area (Å²) < 4.78 is 5.40. The maximum atomic E-state index is 11.5. The molecule has 86 valence electrons. The molecule has 1 amide bonds. The summed E-state index contributed by atoms with van der Waals surface area (Å²) in [6, 6.07) is 0. The molecule has 0 N–H and O–H groups in total. The molecule has 1 aliphatic rings. The van der Waals surface area contributed by atoms with E-state index in [0.717, 1.165) is 11.5 Å². The van der Waals surface area contributed by atoms with Crippen LogP contribution < -0.4 is 0 Å². The molecule has 0 atom stereocenters. The molecule has 0 unspecified atom stereocenters. The number of nitrogens with zero attached hydrogens (tertiary/aromatic N) is 2. The summed E-state index contributed by atoms with van der Waals surface area (Å²) in [4.78, 5) is 28.4. The minimum Gasteiger partial charge on any atom is -0.444 e. The minimum atomic E-state index is -0.134. The monoisotopic (exact) mass is 222 g/mol. The van der Waals surface area contributed by atoms with Gasteiger partial charge < -0.3 is 9.32 Å². The number of piperidine rings is 1. The summed E-state index contributed by atoms with van der Waals surface area (Å²) >= 11 is 0. The van der Waals surface area contributed by atoms with E-state index in [0.29, 0.717) is 25.4 Å². The number of likely N-dealkylation sites (tertiary alicyclic amines) is 1. The van der Waals surface area contributed by atoms with E-state index in [-0.39, 0.29) is 18.1 Å². The van der Waals surface area contributed by atoms with E-state index < -0.39 is 0 Å². The van der Waals surface area contributed by atoms with Gasteiger partial charge in [0.2, 0.25) is 11.8 Å². The highest BCUT2D eigenvalue weighted by atomic mass is 16.4. The van der Waals surface area contributed by atoms with Crippen LogP contribution in [-0.2, 0) is 16.1 Å². The van der Waals surface area contributed by atoms with Crippen molar-refractivity contribution in [3.8, 4) is 0 Å². The van der Waals surface area contributed by atoms with Crippen LogP contribution in [0.5, 0.6) is 0 Å². The number of carbonyl (C=O) groups is 2. The van der Waals surface area contributed by atoms with Gasteiger partial charge in [0, 0.05) is 13.0 Å². The van der Waals surface area contributed by atoms with Crippen molar-refractivity contribution in [2.45, 2.75) is 33.2 Å². The number of aromatic nitrogens is 1. The number of aryl methyl sites for hydroxylation is 2. The molecule has 2 heterocycles. The smallest absolute Gasteiger partial charge is 0.230 e. The standard InChI is InChI=1S/C11H14N2O3/c1-7-8(2)16-10(12-7)6-13-4-3-9(14)5-11(13)15/h3-6H2,1-2H3. The van der Waals surface area contributed by atoms with Crippen molar-refractivity contribution in [3.63, 3.8) is 0 Å². The van der Waals surface area contributed by atoms with Gasteiger partial charge >= 0.3 is 0 Å². The Morgan fingerprint density at radius 1 is 1.38 bits per heavy atom. The second-order valence-electron chi connectivity index (χ2n) is 4.03. The number of oxazole rings is 1. The highest BCUT2D eigenvalue weighted by Crippen LogP contribution is 2.14. The predicted octanol–water partition coefficient (Wildman–Crippen LogP) is 0.983. The van der Waals surface area contributed by atoms with Crippen molar-refractivity contribution in [1.29, 1.82) is 0 Å². The average Bonchev–Trinajstić information content (AvgIpc) is 2.51. The zero-order chi connectivity index (χ0) is 11.7. The van der Waals surface area contributed by atoms with Crippen molar-refractivity contribution in [2.75, 3.05) is 6.54 Å². The number of amides is 1. The Morgan fingerprint density at radius 2 is 2.12 bits per heavy atom. The highest BCUT2D eigenvalue weighted by Gasteiger charge is 2.24. The normalized spacial score (nSPS) is 17.0. The first-order chi connectivity index (χ1) is 7.56. The lowest BCUT2D eigenvalue weighted by molar-refractivity contribution is -0.140. The van der Waals surface area contributed by atoms with Crippen LogP contribution in [0.15, 0.2) is 4.42 Å². The first kappa shape index (κ1) is 10.9. The number of ketones is 1. The molecule has 5 heteroatoms. The molecule has 5 nitrogen and oxygen atoms in total. The van der Waals surface area contributed by atoms with Crippen molar-refractivity contribution in [2.24, 2.45) is 0 Å². The molecular weight excluding hydrogens is 208 g/mol. The molecule has 1 aromatic rings. The molecule has 1 aliphatic heterocycles. The van der Waals surface area contributed by atoms with Crippen LogP contribution in [0.1, 0.15) is 30.2 Å². The van der Waals surface area contributed by atoms with E-state index in [1.807, 2.05) is 13.8 Å². The topological polar surface area (TPSA) is 63.4 Å². The van der Waals surface area contributed by atoms with Crippen molar-refractivity contribution in [3.05, 3.63) is 17.3 Å². The molecule has 2 rings (SSSR count). The Labute approximate surface area is 93.4 Å². The van der Waals surface area contributed by atoms with Gasteiger partial charge in [0.05, 0.1) is 18.7 Å². The van der Waals surface area contributed by atoms with Crippen molar-refractivity contribution < 1.29 is 14.0 Å². The third-order valence-corrected chi connectivity index (χ3v) is 2.76. The first-order valence-electron chi connectivity index (χ1n) is 5.28. The maximum Gasteiger partial charge on any atom is 0.230 e. The van der Waals surface area contributed by atoms with Crippen LogP contribution in [0.25, 0.3) is 0 Å². The number of carbonyl (C=O) groups excluding carboxylic acids is 2. The summed E-state index contributed by atoms with van der Waals surface area (Å²) in [5, 5.41) is 0. The summed E-state index contributed by atoms with van der Waals surface area (Å²) in [5.41, 5.74) is 0.843. The van der Waals surface area contributed by atoms with Gasteiger partial charge in [0.15, 0.2) is 0 Å². The average molecular weight is 222 g/mol. The van der Waals surface area contributed by atoms with Gasteiger partial charge in [-0.15, -0.1) is 0 Å². The lowest BCUT2D eigenvalue weighted by Gasteiger charge is -2.24. The second kappa shape index (κ2) is 4.08. The largest absolute Gasteiger partial charge is 0.444 e. The van der Waals surface area contributed by atoms with Gasteiger partial charge in [0.1, 0.15) is 11.5 Å². The Morgan fingerprint density at radius 3 is 2.69 bits per heavy atom. The zero-order valence-electron chi connectivity index (χ0n) is 9.45. The first-order valence-corrected chi connectivity index (χ1v) is 5.28. The minimum absolute atomic E-state index is 0.0126. The molecule has 0 saturated carbocycles. The van der Waals surface area contributed by atoms with E-state index in [9.17, 15) is 9.59 Å². The van der Waals surface area contributed by atoms with Gasteiger partial charge in [-0.05, 0) is 13.8 Å². The van der Waals surface area contributed by atoms with Gasteiger partial charge in [-0.3, -0.25) is 9.59 Å². The van der Waals surface area contributed by atoms with Crippen LogP contribution >= 0.6 is 0 Å². The van der Waals surface area contributed by atoms with E-state index >= 15 is 0 Å². The van der Waals surface area contributed by atoms with E-state index in [1.165, 1.54) is 0 Å². The third kappa shape index (κ3) is 2.13. The Balaban J connectivity index is 2.04. The molecular formula is C11H14N2O3. The van der Waals surface area contributed by atoms with Crippen LogP contribution in [0, 0.1) is 13.8 Å².